The van der Waals surface area contributed by atoms with Crippen molar-refractivity contribution in [2.75, 3.05) is 7.05 Å². The molecular formula is C16H17ClN2O2. The monoisotopic (exact) mass is 304 g/mol. The van der Waals surface area contributed by atoms with Crippen LogP contribution in [0.25, 0.3) is 0 Å². The number of benzene rings is 2. The Bertz CT molecular complexity index is 658. The zero-order valence-corrected chi connectivity index (χ0v) is 12.8. The van der Waals surface area contributed by atoms with Gasteiger partial charge < -0.3 is 0 Å². The Morgan fingerprint density at radius 2 is 1.81 bits per heavy atom. The van der Waals surface area contributed by atoms with Crippen LogP contribution in [0.4, 0.5) is 5.69 Å². The summed E-state index contributed by atoms with van der Waals surface area (Å²) in [4.78, 5) is 12.6. The summed E-state index contributed by atoms with van der Waals surface area (Å²) >= 11 is 5.82. The van der Waals surface area contributed by atoms with E-state index in [1.807, 2.05) is 19.2 Å². The van der Waals surface area contributed by atoms with E-state index in [-0.39, 0.29) is 10.7 Å². The second-order valence-electron chi connectivity index (χ2n) is 5.20. The molecule has 110 valence electrons. The number of nitrogens with zero attached hydrogens (tertiary/aromatic N) is 2. The van der Waals surface area contributed by atoms with Crippen molar-refractivity contribution in [1.82, 2.24) is 4.90 Å². The second kappa shape index (κ2) is 6.70. The van der Waals surface area contributed by atoms with E-state index in [4.69, 9.17) is 11.6 Å². The van der Waals surface area contributed by atoms with E-state index < -0.39 is 4.92 Å². The fourth-order valence-corrected chi connectivity index (χ4v) is 2.47. The van der Waals surface area contributed by atoms with Gasteiger partial charge in [-0.3, -0.25) is 15.0 Å². The van der Waals surface area contributed by atoms with Gasteiger partial charge in [-0.15, -0.1) is 0 Å². The summed E-state index contributed by atoms with van der Waals surface area (Å²) in [6.45, 7) is 3.48. The van der Waals surface area contributed by atoms with Gasteiger partial charge in [-0.05, 0) is 31.2 Å². The Kier molecular flexibility index (Phi) is 4.94. The van der Waals surface area contributed by atoms with Crippen molar-refractivity contribution in [3.8, 4) is 0 Å². The van der Waals surface area contributed by atoms with Gasteiger partial charge >= 0.3 is 0 Å². The van der Waals surface area contributed by atoms with Crippen LogP contribution in [0.15, 0.2) is 42.5 Å². The minimum Gasteiger partial charge on any atom is -0.298 e. The van der Waals surface area contributed by atoms with Crippen molar-refractivity contribution in [2.24, 2.45) is 0 Å². The smallest absolute Gasteiger partial charge is 0.288 e. The Morgan fingerprint density at radius 1 is 1.14 bits per heavy atom. The minimum atomic E-state index is -0.452. The van der Waals surface area contributed by atoms with Gasteiger partial charge in [-0.2, -0.15) is 0 Å². The maximum Gasteiger partial charge on any atom is 0.288 e. The van der Waals surface area contributed by atoms with Gasteiger partial charge in [0.2, 0.25) is 0 Å². The summed E-state index contributed by atoms with van der Waals surface area (Å²) in [6, 6.07) is 13.2. The molecule has 0 bridgehead atoms. The van der Waals surface area contributed by atoms with Crippen molar-refractivity contribution in [3.05, 3.63) is 74.3 Å². The molecule has 21 heavy (non-hydrogen) atoms. The first-order valence-corrected chi connectivity index (χ1v) is 7.00. The number of hydrogen-bond donors (Lipinski definition) is 0. The van der Waals surface area contributed by atoms with E-state index in [0.29, 0.717) is 6.54 Å². The zero-order chi connectivity index (χ0) is 15.4. The molecule has 2 rings (SSSR count). The molecule has 4 nitrogen and oxygen atoms in total. The first-order chi connectivity index (χ1) is 9.95. The summed E-state index contributed by atoms with van der Waals surface area (Å²) in [5, 5.41) is 11.1. The van der Waals surface area contributed by atoms with E-state index in [9.17, 15) is 10.1 Å². The highest BCUT2D eigenvalue weighted by molar-refractivity contribution is 6.32. The third kappa shape index (κ3) is 4.28. The highest BCUT2D eigenvalue weighted by atomic mass is 35.5. The molecule has 0 fully saturated rings. The van der Waals surface area contributed by atoms with Crippen LogP contribution < -0.4 is 0 Å². The molecule has 0 heterocycles. The molecule has 0 radical (unpaired) electrons. The van der Waals surface area contributed by atoms with E-state index in [0.717, 1.165) is 12.1 Å². The number of halogens is 1. The molecule has 0 aliphatic rings. The fraction of sp³-hybridized carbons (Fsp3) is 0.250. The van der Waals surface area contributed by atoms with E-state index in [1.165, 1.54) is 17.2 Å². The zero-order valence-electron chi connectivity index (χ0n) is 12.0. The Morgan fingerprint density at radius 3 is 2.43 bits per heavy atom. The van der Waals surface area contributed by atoms with Gasteiger partial charge in [0, 0.05) is 19.2 Å². The van der Waals surface area contributed by atoms with Crippen LogP contribution in [0.2, 0.25) is 5.02 Å². The molecule has 0 atom stereocenters. The van der Waals surface area contributed by atoms with Gasteiger partial charge in [-0.1, -0.05) is 47.5 Å². The van der Waals surface area contributed by atoms with E-state index in [1.54, 1.807) is 6.07 Å². The van der Waals surface area contributed by atoms with Crippen molar-refractivity contribution >= 4 is 17.3 Å². The van der Waals surface area contributed by atoms with Crippen LogP contribution in [0.1, 0.15) is 16.7 Å². The summed E-state index contributed by atoms with van der Waals surface area (Å²) in [5.41, 5.74) is 3.28. The lowest BCUT2D eigenvalue weighted by Gasteiger charge is -2.17. The molecule has 0 saturated carbocycles. The number of hydrogen-bond acceptors (Lipinski definition) is 3. The predicted molar refractivity (Wildman–Crippen MR) is 84.5 cm³/mol. The molecule has 5 heteroatoms. The summed E-state index contributed by atoms with van der Waals surface area (Å²) in [6.07, 6.45) is 0. The number of nitro benzene ring substituents is 1. The number of aryl methyl sites for hydroxylation is 1. The van der Waals surface area contributed by atoms with Crippen LogP contribution in [0.3, 0.4) is 0 Å². The lowest BCUT2D eigenvalue weighted by molar-refractivity contribution is -0.384. The fourth-order valence-electron chi connectivity index (χ4n) is 2.29. The van der Waals surface area contributed by atoms with Gasteiger partial charge in [0.05, 0.1) is 4.92 Å². The van der Waals surface area contributed by atoms with Gasteiger partial charge in [0.15, 0.2) is 0 Å². The highest BCUT2D eigenvalue weighted by Gasteiger charge is 2.13. The average Bonchev–Trinajstić information content (AvgIpc) is 2.40. The Balaban J connectivity index is 2.07. The summed E-state index contributed by atoms with van der Waals surface area (Å²) in [5.74, 6) is 0. The van der Waals surface area contributed by atoms with Gasteiger partial charge in [0.25, 0.3) is 5.69 Å². The van der Waals surface area contributed by atoms with E-state index >= 15 is 0 Å². The van der Waals surface area contributed by atoms with Crippen molar-refractivity contribution < 1.29 is 4.92 Å². The van der Waals surface area contributed by atoms with Crippen molar-refractivity contribution in [2.45, 2.75) is 20.0 Å². The molecule has 0 aromatic heterocycles. The van der Waals surface area contributed by atoms with Crippen LogP contribution in [-0.4, -0.2) is 16.9 Å². The van der Waals surface area contributed by atoms with Crippen LogP contribution >= 0.6 is 11.6 Å². The first kappa shape index (κ1) is 15.5. The maximum atomic E-state index is 10.9. The lowest BCUT2D eigenvalue weighted by atomic mass is 10.1. The molecule has 2 aromatic carbocycles. The topological polar surface area (TPSA) is 46.4 Å². The quantitative estimate of drug-likeness (QED) is 0.614. The minimum absolute atomic E-state index is 0.0434. The Labute approximate surface area is 129 Å². The van der Waals surface area contributed by atoms with Gasteiger partial charge in [-0.25, -0.2) is 0 Å². The average molecular weight is 305 g/mol. The third-order valence-corrected chi connectivity index (χ3v) is 3.51. The molecule has 0 aliphatic carbocycles. The van der Waals surface area contributed by atoms with Gasteiger partial charge in [0.1, 0.15) is 5.02 Å². The number of rotatable bonds is 5. The number of nitro groups is 1. The maximum absolute atomic E-state index is 10.9. The van der Waals surface area contributed by atoms with Crippen LogP contribution in [-0.2, 0) is 13.1 Å². The highest BCUT2D eigenvalue weighted by Crippen LogP contribution is 2.25. The van der Waals surface area contributed by atoms with Crippen molar-refractivity contribution in [1.29, 1.82) is 0 Å². The molecule has 2 aromatic rings. The summed E-state index contributed by atoms with van der Waals surface area (Å²) < 4.78 is 0. The second-order valence-corrected chi connectivity index (χ2v) is 5.61. The molecule has 0 saturated heterocycles. The SMILES string of the molecule is Cc1cccc(CN(C)Cc2ccc(Cl)c([N+](=O)[O-])c2)c1. The molecule has 0 N–H and O–H groups in total. The molecule has 0 aliphatic heterocycles. The Hall–Kier alpha value is -1.91. The molecule has 0 unspecified atom stereocenters. The molecule has 0 amide bonds. The van der Waals surface area contributed by atoms with E-state index in [2.05, 4.69) is 30.0 Å². The summed E-state index contributed by atoms with van der Waals surface area (Å²) in [7, 11) is 1.99. The molecular weight excluding hydrogens is 288 g/mol. The predicted octanol–water partition coefficient (Wildman–Crippen LogP) is 4.19. The van der Waals surface area contributed by atoms with Crippen LogP contribution in [0, 0.1) is 17.0 Å². The normalized spacial score (nSPS) is 10.9. The largest absolute Gasteiger partial charge is 0.298 e. The van der Waals surface area contributed by atoms with Crippen molar-refractivity contribution in [3.63, 3.8) is 0 Å². The molecule has 0 spiro atoms. The van der Waals surface area contributed by atoms with Crippen LogP contribution in [0.5, 0.6) is 0 Å². The first-order valence-electron chi connectivity index (χ1n) is 6.62. The standard InChI is InChI=1S/C16H17ClN2O2/c1-12-4-3-5-13(8-12)10-18(2)11-14-6-7-15(17)16(9-14)19(20)21/h3-9H,10-11H2,1-2H3. The lowest BCUT2D eigenvalue weighted by Crippen LogP contribution is -2.17. The third-order valence-electron chi connectivity index (χ3n) is 3.19.